The van der Waals surface area contributed by atoms with Crippen molar-refractivity contribution in [3.63, 3.8) is 0 Å². The quantitative estimate of drug-likeness (QED) is 0.609. The summed E-state index contributed by atoms with van der Waals surface area (Å²) in [7, 11) is 0. The summed E-state index contributed by atoms with van der Waals surface area (Å²) >= 11 is 7.57. The maximum Gasteiger partial charge on any atom is 0.281 e. The van der Waals surface area contributed by atoms with E-state index in [2.05, 4.69) is 10.9 Å². The van der Waals surface area contributed by atoms with Crippen molar-refractivity contribution in [2.45, 2.75) is 13.8 Å². The predicted octanol–water partition coefficient (Wildman–Crippen LogP) is 4.66. The van der Waals surface area contributed by atoms with Gasteiger partial charge in [-0.25, -0.2) is 0 Å². The normalized spacial score (nSPS) is 10.8. The van der Waals surface area contributed by atoms with Gasteiger partial charge in [0.1, 0.15) is 10.6 Å². The Morgan fingerprint density at radius 2 is 1.70 bits per heavy atom. The fraction of sp³-hybridized carbons (Fsp3) is 0.200. The summed E-state index contributed by atoms with van der Waals surface area (Å²) in [5.41, 5.74) is 5.20. The number of rotatable bonds is 5. The molecule has 3 rings (SSSR count). The van der Waals surface area contributed by atoms with Crippen molar-refractivity contribution in [2.24, 2.45) is 5.92 Å². The monoisotopic (exact) mass is 402 g/mol. The fourth-order valence-corrected chi connectivity index (χ4v) is 3.85. The molecule has 2 N–H and O–H groups in total. The first-order valence-electron chi connectivity index (χ1n) is 8.47. The summed E-state index contributed by atoms with van der Waals surface area (Å²) in [6, 6.07) is 14.4. The Balaban J connectivity index is 1.70. The van der Waals surface area contributed by atoms with Gasteiger partial charge in [0, 0.05) is 10.1 Å². The molecule has 1 aromatic heterocycles. The molecule has 1 heterocycles. The van der Waals surface area contributed by atoms with Crippen LogP contribution in [-0.4, -0.2) is 18.4 Å². The van der Waals surface area contributed by atoms with Gasteiger partial charge in [0.25, 0.3) is 11.8 Å². The molecule has 7 heteroatoms. The molecule has 0 atom stereocenters. The van der Waals surface area contributed by atoms with Crippen molar-refractivity contribution >= 4 is 44.8 Å². The summed E-state index contributed by atoms with van der Waals surface area (Å²) in [5.74, 6) is -0.121. The molecular formula is C20H19ClN2O3S. The van der Waals surface area contributed by atoms with Crippen molar-refractivity contribution in [3.8, 4) is 5.75 Å². The van der Waals surface area contributed by atoms with Crippen LogP contribution in [0.3, 0.4) is 0 Å². The molecule has 0 aliphatic heterocycles. The Morgan fingerprint density at radius 1 is 1.04 bits per heavy atom. The van der Waals surface area contributed by atoms with Crippen molar-refractivity contribution in [1.29, 1.82) is 0 Å². The highest BCUT2D eigenvalue weighted by atomic mass is 35.5. The van der Waals surface area contributed by atoms with Gasteiger partial charge in [-0.1, -0.05) is 55.8 Å². The molecule has 5 nitrogen and oxygen atoms in total. The topological polar surface area (TPSA) is 67.4 Å². The van der Waals surface area contributed by atoms with Crippen LogP contribution < -0.4 is 15.6 Å². The van der Waals surface area contributed by atoms with Crippen molar-refractivity contribution in [2.75, 3.05) is 6.61 Å². The lowest BCUT2D eigenvalue weighted by Gasteiger charge is -2.13. The van der Waals surface area contributed by atoms with E-state index in [4.69, 9.17) is 16.3 Å². The zero-order chi connectivity index (χ0) is 19.4. The molecule has 140 valence electrons. The highest BCUT2D eigenvalue weighted by Gasteiger charge is 2.18. The second kappa shape index (κ2) is 8.41. The number of halogens is 1. The molecule has 0 aliphatic carbocycles. The number of carbonyl (C=O) groups is 2. The van der Waals surface area contributed by atoms with Crippen molar-refractivity contribution in [1.82, 2.24) is 10.9 Å². The second-order valence-corrected chi connectivity index (χ2v) is 7.78. The number of hydrogen-bond acceptors (Lipinski definition) is 4. The smallest absolute Gasteiger partial charge is 0.281 e. The van der Waals surface area contributed by atoms with E-state index in [9.17, 15) is 9.59 Å². The highest BCUT2D eigenvalue weighted by Crippen LogP contribution is 2.34. The summed E-state index contributed by atoms with van der Waals surface area (Å²) in [6.07, 6.45) is 0. The van der Waals surface area contributed by atoms with Gasteiger partial charge in [-0.3, -0.25) is 20.4 Å². The molecule has 0 saturated heterocycles. The lowest BCUT2D eigenvalue weighted by atomic mass is 10.2. The van der Waals surface area contributed by atoms with Gasteiger partial charge in [-0.2, -0.15) is 0 Å². The molecule has 0 unspecified atom stereocenters. The second-order valence-electron chi connectivity index (χ2n) is 6.35. The maximum atomic E-state index is 12.5. The van der Waals surface area contributed by atoms with Crippen LogP contribution in [0.2, 0.25) is 5.02 Å². The van der Waals surface area contributed by atoms with Crippen molar-refractivity contribution in [3.05, 3.63) is 64.0 Å². The van der Waals surface area contributed by atoms with Gasteiger partial charge >= 0.3 is 0 Å². The standard InChI is InChI=1S/C20H19ClN2O3S/c1-12(2)11-26-15-9-5-3-7-13(15)19(24)22-23-20(25)18-17(21)14-8-4-6-10-16(14)27-18/h3-10,12H,11H2,1-2H3,(H,22,24)(H,23,25). The largest absolute Gasteiger partial charge is 0.492 e. The number of amides is 2. The number of nitrogens with one attached hydrogen (secondary N) is 2. The van der Waals surface area contributed by atoms with Crippen LogP contribution in [0.15, 0.2) is 48.5 Å². The van der Waals surface area contributed by atoms with E-state index in [-0.39, 0.29) is 0 Å². The minimum Gasteiger partial charge on any atom is -0.492 e. The van der Waals surface area contributed by atoms with E-state index in [0.717, 1.165) is 10.1 Å². The number of para-hydroxylation sites is 1. The van der Waals surface area contributed by atoms with Crippen LogP contribution in [0.4, 0.5) is 0 Å². The number of hydrogen-bond donors (Lipinski definition) is 2. The number of ether oxygens (including phenoxy) is 1. The Kier molecular flexibility index (Phi) is 5.98. The zero-order valence-corrected chi connectivity index (χ0v) is 16.5. The lowest BCUT2D eigenvalue weighted by Crippen LogP contribution is -2.41. The third-order valence-corrected chi connectivity index (χ3v) is 5.41. The fourth-order valence-electron chi connectivity index (χ4n) is 2.43. The average Bonchev–Trinajstić information content (AvgIpc) is 3.01. The molecule has 0 bridgehead atoms. The highest BCUT2D eigenvalue weighted by molar-refractivity contribution is 7.21. The number of hydrazine groups is 1. The van der Waals surface area contributed by atoms with E-state index in [1.807, 2.05) is 38.1 Å². The van der Waals surface area contributed by atoms with Crippen LogP contribution in [0.1, 0.15) is 33.9 Å². The lowest BCUT2D eigenvalue weighted by molar-refractivity contribution is 0.0846. The molecule has 3 aromatic rings. The van der Waals surface area contributed by atoms with Crippen molar-refractivity contribution < 1.29 is 14.3 Å². The summed E-state index contributed by atoms with van der Waals surface area (Å²) in [5, 5.41) is 1.19. The van der Waals surface area contributed by atoms with Gasteiger partial charge in [-0.05, 0) is 24.1 Å². The number of benzene rings is 2. The van der Waals surface area contributed by atoms with E-state index in [1.54, 1.807) is 24.3 Å². The zero-order valence-electron chi connectivity index (χ0n) is 14.9. The predicted molar refractivity (Wildman–Crippen MR) is 109 cm³/mol. The van der Waals surface area contributed by atoms with Crippen LogP contribution in [-0.2, 0) is 0 Å². The van der Waals surface area contributed by atoms with E-state index in [1.165, 1.54) is 11.3 Å². The van der Waals surface area contributed by atoms with Gasteiger partial charge < -0.3 is 4.74 Å². The van der Waals surface area contributed by atoms with Crippen LogP contribution in [0, 0.1) is 5.92 Å². The maximum absolute atomic E-state index is 12.5. The molecule has 0 radical (unpaired) electrons. The summed E-state index contributed by atoms with van der Waals surface area (Å²) in [4.78, 5) is 25.3. The van der Waals surface area contributed by atoms with Gasteiger partial charge in [0.05, 0.1) is 17.2 Å². The molecule has 2 amide bonds. The minimum atomic E-state index is -0.463. The first kappa shape index (κ1) is 19.2. The molecule has 2 aromatic carbocycles. The molecule has 27 heavy (non-hydrogen) atoms. The van der Waals surface area contributed by atoms with Crippen LogP contribution in [0.25, 0.3) is 10.1 Å². The first-order chi connectivity index (χ1) is 13.0. The van der Waals surface area contributed by atoms with Gasteiger partial charge in [-0.15, -0.1) is 11.3 Å². The number of carbonyl (C=O) groups excluding carboxylic acids is 2. The third-order valence-electron chi connectivity index (χ3n) is 3.73. The molecule has 0 saturated carbocycles. The molecular weight excluding hydrogens is 384 g/mol. The van der Waals surface area contributed by atoms with E-state index in [0.29, 0.717) is 33.7 Å². The summed E-state index contributed by atoms with van der Waals surface area (Å²) in [6.45, 7) is 4.54. The minimum absolute atomic E-state index is 0.330. The number of thiophene rings is 1. The van der Waals surface area contributed by atoms with E-state index < -0.39 is 11.8 Å². The molecule has 0 aliphatic rings. The average molecular weight is 403 g/mol. The van der Waals surface area contributed by atoms with Gasteiger partial charge in [0.15, 0.2) is 0 Å². The Bertz CT molecular complexity index is 984. The van der Waals surface area contributed by atoms with Gasteiger partial charge in [0.2, 0.25) is 0 Å². The van der Waals surface area contributed by atoms with E-state index >= 15 is 0 Å². The molecule has 0 fully saturated rings. The Hall–Kier alpha value is -2.57. The Labute approximate surface area is 166 Å². The summed E-state index contributed by atoms with van der Waals surface area (Å²) < 4.78 is 6.59. The third kappa shape index (κ3) is 4.40. The SMILES string of the molecule is CC(C)COc1ccccc1C(=O)NNC(=O)c1sc2ccccc2c1Cl. The van der Waals surface area contributed by atoms with Crippen LogP contribution in [0.5, 0.6) is 5.75 Å². The first-order valence-corrected chi connectivity index (χ1v) is 9.66. The Morgan fingerprint density at radius 3 is 2.44 bits per heavy atom. The van der Waals surface area contributed by atoms with Crippen LogP contribution >= 0.6 is 22.9 Å². The number of fused-ring (bicyclic) bond motifs is 1. The molecule has 0 spiro atoms.